The van der Waals surface area contributed by atoms with Gasteiger partial charge in [0.05, 0.1) is 12.3 Å². The first-order valence-corrected chi connectivity index (χ1v) is 7.30. The van der Waals surface area contributed by atoms with Gasteiger partial charge in [0.2, 0.25) is 0 Å². The van der Waals surface area contributed by atoms with Crippen molar-refractivity contribution < 1.29 is 20.1 Å². The Kier molecular flexibility index (Phi) is 2.92. The van der Waals surface area contributed by atoms with Crippen LogP contribution in [0.5, 0.6) is 0 Å². The molecule has 1 fully saturated rings. The molecule has 2 aromatic rings. The zero-order valence-corrected chi connectivity index (χ0v) is 12.1. The van der Waals surface area contributed by atoms with E-state index in [1.54, 1.807) is 4.52 Å². The van der Waals surface area contributed by atoms with Crippen LogP contribution < -0.4 is 5.32 Å². The summed E-state index contributed by atoms with van der Waals surface area (Å²) < 4.78 is 7.39. The van der Waals surface area contributed by atoms with Crippen LogP contribution in [-0.2, 0) is 11.2 Å². The number of nitrogens with one attached hydrogen (secondary N) is 1. The summed E-state index contributed by atoms with van der Waals surface area (Å²) in [5.41, 5.74) is 1.08. The van der Waals surface area contributed by atoms with E-state index >= 15 is 0 Å². The Balaban J connectivity index is 1.87. The lowest BCUT2D eigenvalue weighted by atomic mass is 9.91. The number of hydrogen-bond donors (Lipinski definition) is 4. The molecule has 4 rings (SSSR count). The Morgan fingerprint density at radius 3 is 3.09 bits per heavy atom. The van der Waals surface area contributed by atoms with Gasteiger partial charge in [0, 0.05) is 6.54 Å². The maximum atomic E-state index is 10.6. The molecule has 2 aliphatic rings. The molecule has 0 aromatic carbocycles. The first-order chi connectivity index (χ1) is 10.5. The van der Waals surface area contributed by atoms with Gasteiger partial charge in [-0.2, -0.15) is 5.10 Å². The van der Waals surface area contributed by atoms with Crippen LogP contribution in [0.1, 0.15) is 24.3 Å². The molecule has 4 heterocycles. The molecule has 1 unspecified atom stereocenters. The van der Waals surface area contributed by atoms with Crippen LogP contribution in [0.2, 0.25) is 0 Å². The van der Waals surface area contributed by atoms with Crippen molar-refractivity contribution in [3.05, 3.63) is 23.7 Å². The predicted molar refractivity (Wildman–Crippen MR) is 76.5 cm³/mol. The van der Waals surface area contributed by atoms with E-state index in [-0.39, 0.29) is 6.61 Å². The van der Waals surface area contributed by atoms with Crippen molar-refractivity contribution in [2.45, 2.75) is 37.3 Å². The molecule has 0 amide bonds. The summed E-state index contributed by atoms with van der Waals surface area (Å²) in [5, 5.41) is 37.6. The molecule has 118 valence electrons. The lowest BCUT2D eigenvalue weighted by molar-refractivity contribution is -0.0664. The van der Waals surface area contributed by atoms with Gasteiger partial charge in [0.25, 0.3) is 0 Å². The fourth-order valence-electron chi connectivity index (χ4n) is 3.40. The highest BCUT2D eigenvalue weighted by atomic mass is 16.6. The minimum absolute atomic E-state index is 0.355. The van der Waals surface area contributed by atoms with Gasteiger partial charge in [-0.15, -0.1) is 0 Å². The van der Waals surface area contributed by atoms with Crippen LogP contribution in [0.15, 0.2) is 12.4 Å². The van der Waals surface area contributed by atoms with Gasteiger partial charge in [0.15, 0.2) is 5.82 Å². The van der Waals surface area contributed by atoms with Gasteiger partial charge in [-0.05, 0) is 25.0 Å². The summed E-state index contributed by atoms with van der Waals surface area (Å²) >= 11 is 0. The van der Waals surface area contributed by atoms with Crippen molar-refractivity contribution in [3.8, 4) is 0 Å². The van der Waals surface area contributed by atoms with E-state index in [2.05, 4.69) is 15.4 Å². The molecule has 2 aliphatic heterocycles. The summed E-state index contributed by atoms with van der Waals surface area (Å²) in [7, 11) is 0. The van der Waals surface area contributed by atoms with E-state index in [4.69, 9.17) is 4.74 Å². The normalized spacial score (nSPS) is 34.1. The average molecular weight is 306 g/mol. The van der Waals surface area contributed by atoms with Gasteiger partial charge in [-0.25, -0.2) is 9.50 Å². The van der Waals surface area contributed by atoms with E-state index in [0.717, 1.165) is 29.9 Å². The highest BCUT2D eigenvalue weighted by molar-refractivity contribution is 5.75. The first-order valence-electron chi connectivity index (χ1n) is 7.30. The fourth-order valence-corrected chi connectivity index (χ4v) is 3.40. The Hall–Kier alpha value is -1.74. The SMILES string of the molecule is C[C@]1(O)C(c2cc3c4c(ncnn24)NCC3)O[C@H](CO)[C@H]1O. The quantitative estimate of drug-likeness (QED) is 0.577. The van der Waals surface area contributed by atoms with E-state index in [1.807, 2.05) is 6.07 Å². The Bertz CT molecular complexity index is 729. The molecule has 0 saturated carbocycles. The third kappa shape index (κ3) is 1.72. The smallest absolute Gasteiger partial charge is 0.154 e. The highest BCUT2D eigenvalue weighted by Crippen LogP contribution is 2.43. The highest BCUT2D eigenvalue weighted by Gasteiger charge is 2.53. The van der Waals surface area contributed by atoms with Crippen molar-refractivity contribution in [3.63, 3.8) is 0 Å². The van der Waals surface area contributed by atoms with E-state index in [1.165, 1.54) is 13.3 Å². The minimum Gasteiger partial charge on any atom is -0.394 e. The molecule has 0 aliphatic carbocycles. The van der Waals surface area contributed by atoms with Gasteiger partial charge in [0.1, 0.15) is 35.8 Å². The Morgan fingerprint density at radius 1 is 1.55 bits per heavy atom. The molecule has 22 heavy (non-hydrogen) atoms. The minimum atomic E-state index is -1.51. The van der Waals surface area contributed by atoms with E-state index in [9.17, 15) is 15.3 Å². The fraction of sp³-hybridized carbons (Fsp3) is 0.571. The number of rotatable bonds is 2. The topological polar surface area (TPSA) is 112 Å². The van der Waals surface area contributed by atoms with Crippen molar-refractivity contribution in [1.82, 2.24) is 14.6 Å². The number of aliphatic hydroxyl groups is 3. The summed E-state index contributed by atoms with van der Waals surface area (Å²) in [4.78, 5) is 4.22. The molecular formula is C14H18N4O4. The zero-order chi connectivity index (χ0) is 15.5. The molecule has 4 atom stereocenters. The molecule has 0 spiro atoms. The van der Waals surface area contributed by atoms with Gasteiger partial charge >= 0.3 is 0 Å². The number of ether oxygens (including phenoxy) is 1. The van der Waals surface area contributed by atoms with Crippen LogP contribution in [0.3, 0.4) is 0 Å². The van der Waals surface area contributed by atoms with Crippen molar-refractivity contribution >= 4 is 11.3 Å². The van der Waals surface area contributed by atoms with Crippen molar-refractivity contribution in [2.75, 3.05) is 18.5 Å². The lowest BCUT2D eigenvalue weighted by Gasteiger charge is -2.26. The molecule has 2 aromatic heterocycles. The standard InChI is InChI=1S/C14H18N4O4/c1-14(21)11(20)9(5-19)22-12(14)8-4-7-2-3-15-13-10(7)18(8)17-6-16-13/h4,6,9,11-12,19-21H,2-3,5H2,1H3,(H,15,16,17)/t9-,11-,12?,14-/m1/s1. The third-order valence-corrected chi connectivity index (χ3v) is 4.59. The molecule has 0 radical (unpaired) electrons. The molecule has 8 nitrogen and oxygen atoms in total. The summed E-state index contributed by atoms with van der Waals surface area (Å²) in [6.45, 7) is 1.94. The number of hydrogen-bond acceptors (Lipinski definition) is 7. The summed E-state index contributed by atoms with van der Waals surface area (Å²) in [5.74, 6) is 0.749. The van der Waals surface area contributed by atoms with Crippen LogP contribution >= 0.6 is 0 Å². The summed E-state index contributed by atoms with van der Waals surface area (Å²) in [6, 6.07) is 1.93. The van der Waals surface area contributed by atoms with Gasteiger partial charge < -0.3 is 25.4 Å². The Labute approximate surface area is 126 Å². The van der Waals surface area contributed by atoms with Crippen LogP contribution in [0.4, 0.5) is 5.82 Å². The van der Waals surface area contributed by atoms with Crippen LogP contribution in [0.25, 0.3) is 5.52 Å². The number of nitrogens with zero attached hydrogens (tertiary/aromatic N) is 3. The molecule has 1 saturated heterocycles. The van der Waals surface area contributed by atoms with E-state index < -0.39 is 23.9 Å². The molecular weight excluding hydrogens is 288 g/mol. The largest absolute Gasteiger partial charge is 0.394 e. The monoisotopic (exact) mass is 306 g/mol. The molecule has 0 bridgehead atoms. The molecule has 4 N–H and O–H groups in total. The second kappa shape index (κ2) is 4.63. The average Bonchev–Trinajstić information content (AvgIpc) is 2.98. The Morgan fingerprint density at radius 2 is 2.36 bits per heavy atom. The summed E-state index contributed by atoms with van der Waals surface area (Å²) in [6.07, 6.45) is -0.496. The first kappa shape index (κ1) is 13.9. The van der Waals surface area contributed by atoms with Crippen LogP contribution in [-0.4, -0.2) is 60.9 Å². The third-order valence-electron chi connectivity index (χ3n) is 4.59. The number of aromatic nitrogens is 3. The van der Waals surface area contributed by atoms with E-state index in [0.29, 0.717) is 5.69 Å². The number of aliphatic hydroxyl groups excluding tert-OH is 2. The zero-order valence-electron chi connectivity index (χ0n) is 12.1. The van der Waals surface area contributed by atoms with Gasteiger partial charge in [-0.3, -0.25) is 0 Å². The second-order valence-electron chi connectivity index (χ2n) is 6.05. The van der Waals surface area contributed by atoms with Crippen LogP contribution in [0, 0.1) is 0 Å². The maximum Gasteiger partial charge on any atom is 0.154 e. The second-order valence-corrected chi connectivity index (χ2v) is 6.05. The van der Waals surface area contributed by atoms with Crippen molar-refractivity contribution in [1.29, 1.82) is 0 Å². The number of anilines is 1. The van der Waals surface area contributed by atoms with Gasteiger partial charge in [-0.1, -0.05) is 0 Å². The molecule has 8 heteroatoms. The lowest BCUT2D eigenvalue weighted by Crippen LogP contribution is -2.43. The van der Waals surface area contributed by atoms with Crippen molar-refractivity contribution in [2.24, 2.45) is 0 Å². The maximum absolute atomic E-state index is 10.6. The predicted octanol–water partition coefficient (Wildman–Crippen LogP) is -0.759.